The van der Waals surface area contributed by atoms with E-state index in [9.17, 15) is 23.2 Å². The molecule has 1 fully saturated rings. The second kappa shape index (κ2) is 12.9. The zero-order valence-corrected chi connectivity index (χ0v) is 23.3. The predicted molar refractivity (Wildman–Crippen MR) is 149 cm³/mol. The summed E-state index contributed by atoms with van der Waals surface area (Å²) in [6.45, 7) is 1.83. The molecule has 8 nitrogen and oxygen atoms in total. The third-order valence-corrected chi connectivity index (χ3v) is 7.90. The van der Waals surface area contributed by atoms with Crippen LogP contribution >= 0.6 is 0 Å². The number of pyridine rings is 1. The Balaban J connectivity index is 1.43. The fraction of sp³-hybridized carbons (Fsp3) is 0.448. The van der Waals surface area contributed by atoms with Crippen molar-refractivity contribution in [2.24, 2.45) is 5.41 Å². The first-order valence-corrected chi connectivity index (χ1v) is 13.4. The Morgan fingerprint density at radius 1 is 1.17 bits per heavy atom. The number of nitrogens with one attached hydrogen (secondary N) is 2. The fourth-order valence-corrected chi connectivity index (χ4v) is 5.47. The summed E-state index contributed by atoms with van der Waals surface area (Å²) in [6, 6.07) is 7.08. The molecular weight excluding hydrogens is 542 g/mol. The highest BCUT2D eigenvalue weighted by Gasteiger charge is 2.41. The van der Waals surface area contributed by atoms with Crippen LogP contribution in [-0.4, -0.2) is 68.4 Å². The number of aromatic nitrogens is 1. The number of methoxy groups -OCH3 is 1. The number of ether oxygens (including phenoxy) is 1. The highest BCUT2D eigenvalue weighted by atomic mass is 19.2. The number of hydroxylamine groups is 1. The fourth-order valence-electron chi connectivity index (χ4n) is 5.47. The molecule has 0 spiro atoms. The van der Waals surface area contributed by atoms with Gasteiger partial charge in [-0.2, -0.15) is 0 Å². The first kappa shape index (κ1) is 30.3. The molecule has 1 aromatic heterocycles. The summed E-state index contributed by atoms with van der Waals surface area (Å²) < 4.78 is 61.6. The van der Waals surface area contributed by atoms with Crippen LogP contribution in [0.1, 0.15) is 37.4 Å². The van der Waals surface area contributed by atoms with Crippen LogP contribution < -0.4 is 20.4 Å². The minimum absolute atomic E-state index is 0.0494. The number of fused-ring (bicyclic) bond motifs is 1. The Kier molecular flexibility index (Phi) is 9.54. The van der Waals surface area contributed by atoms with Crippen LogP contribution in [-0.2, 0) is 4.79 Å². The molecule has 1 saturated heterocycles. The topological polar surface area (TPSA) is 90.0 Å². The zero-order valence-electron chi connectivity index (χ0n) is 23.3. The van der Waals surface area contributed by atoms with Crippen molar-refractivity contribution in [3.63, 3.8) is 0 Å². The van der Waals surface area contributed by atoms with Gasteiger partial charge < -0.3 is 19.9 Å². The van der Waals surface area contributed by atoms with Gasteiger partial charge in [-0.15, -0.1) is 0 Å². The van der Waals surface area contributed by atoms with Crippen molar-refractivity contribution in [1.29, 1.82) is 0 Å². The Labute approximate surface area is 236 Å². The van der Waals surface area contributed by atoms with E-state index in [1.165, 1.54) is 0 Å². The first-order valence-electron chi connectivity index (χ1n) is 13.4. The molecule has 3 N–H and O–H groups in total. The van der Waals surface area contributed by atoms with Crippen molar-refractivity contribution in [2.75, 3.05) is 57.6 Å². The quantitative estimate of drug-likeness (QED) is 0.125. The second-order valence-electron chi connectivity index (χ2n) is 10.6. The predicted octanol–water partition coefficient (Wildman–Crippen LogP) is 5.22. The van der Waals surface area contributed by atoms with E-state index in [1.54, 1.807) is 41.9 Å². The molecule has 1 unspecified atom stereocenters. The second-order valence-corrected chi connectivity index (χ2v) is 10.6. The average molecular weight is 578 g/mol. The number of alkyl halides is 1. The van der Waals surface area contributed by atoms with Gasteiger partial charge in [-0.25, -0.2) is 23.0 Å². The molecule has 3 aromatic rings. The van der Waals surface area contributed by atoms with E-state index in [-0.39, 0.29) is 18.5 Å². The maximum atomic E-state index is 16.1. The number of nitrogens with zero attached hydrogens (tertiary/aromatic N) is 3. The minimum Gasteiger partial charge on any atom is -0.497 e. The molecule has 12 heteroatoms. The van der Waals surface area contributed by atoms with E-state index in [0.29, 0.717) is 66.9 Å². The van der Waals surface area contributed by atoms with E-state index in [1.807, 2.05) is 14.1 Å². The molecule has 1 aliphatic rings. The number of hydrogen-bond donors (Lipinski definition) is 3. The molecule has 0 radical (unpaired) electrons. The van der Waals surface area contributed by atoms with Gasteiger partial charge in [0.2, 0.25) is 5.91 Å². The lowest BCUT2D eigenvalue weighted by Crippen LogP contribution is -2.49. The number of hydrogen-bond acceptors (Lipinski definition) is 7. The van der Waals surface area contributed by atoms with Gasteiger partial charge in [0.15, 0.2) is 17.5 Å². The Morgan fingerprint density at radius 2 is 1.85 bits per heavy atom. The standard InChI is InChI=1S/C29H35F4N5O3/c1-37(2)25-17-35-24-5-4-19(41-3)16-20(24)26(25)21(30)6-7-29(28(39)36-40)8-11-38(12-9-29)13-10-34-18-14-22(31)27(33)23(32)15-18/h4-5,14-17,21,34,40H,6-13H2,1-3H3,(H,36,39). The van der Waals surface area contributed by atoms with Gasteiger partial charge in [-0.1, -0.05) is 0 Å². The van der Waals surface area contributed by atoms with Crippen LogP contribution in [0.15, 0.2) is 36.5 Å². The number of benzene rings is 2. The zero-order chi connectivity index (χ0) is 29.7. The molecule has 0 bridgehead atoms. The Bertz CT molecular complexity index is 1360. The lowest BCUT2D eigenvalue weighted by molar-refractivity contribution is -0.143. The Hall–Kier alpha value is -3.64. The van der Waals surface area contributed by atoms with E-state index in [0.717, 1.165) is 12.1 Å². The first-order chi connectivity index (χ1) is 19.6. The van der Waals surface area contributed by atoms with E-state index >= 15 is 4.39 Å². The monoisotopic (exact) mass is 577 g/mol. The number of halogens is 4. The van der Waals surface area contributed by atoms with Gasteiger partial charge in [0.25, 0.3) is 0 Å². The lowest BCUT2D eigenvalue weighted by Gasteiger charge is -2.40. The van der Waals surface area contributed by atoms with Crippen molar-refractivity contribution in [3.05, 3.63) is 59.5 Å². The van der Waals surface area contributed by atoms with Crippen LogP contribution in [0.25, 0.3) is 10.9 Å². The van der Waals surface area contributed by atoms with Crippen molar-refractivity contribution in [2.45, 2.75) is 31.9 Å². The van der Waals surface area contributed by atoms with E-state index in [4.69, 9.17) is 4.74 Å². The largest absolute Gasteiger partial charge is 0.497 e. The van der Waals surface area contributed by atoms with Gasteiger partial charge in [-0.3, -0.25) is 15.0 Å². The maximum Gasteiger partial charge on any atom is 0.249 e. The van der Waals surface area contributed by atoms with Crippen LogP contribution in [0.5, 0.6) is 5.75 Å². The molecule has 0 aliphatic carbocycles. The third kappa shape index (κ3) is 6.65. The summed E-state index contributed by atoms with van der Waals surface area (Å²) in [5.74, 6) is -4.03. The van der Waals surface area contributed by atoms with E-state index < -0.39 is 34.9 Å². The summed E-state index contributed by atoms with van der Waals surface area (Å²) in [5.41, 5.74) is 2.66. The number of amides is 1. The molecule has 4 rings (SSSR count). The normalized spacial score (nSPS) is 15.9. The van der Waals surface area contributed by atoms with Gasteiger partial charge >= 0.3 is 0 Å². The van der Waals surface area contributed by atoms with Crippen LogP contribution in [0, 0.1) is 22.9 Å². The molecule has 1 atom stereocenters. The summed E-state index contributed by atoms with van der Waals surface area (Å²) in [6.07, 6.45) is 1.25. The SMILES string of the molecule is COc1ccc2ncc(N(C)C)c(C(F)CCC3(C(=O)NO)CCN(CCNc4cc(F)c(F)c(F)c4)CC3)c2c1. The molecule has 2 aromatic carbocycles. The smallest absolute Gasteiger partial charge is 0.249 e. The van der Waals surface area contributed by atoms with E-state index in [2.05, 4.69) is 15.2 Å². The van der Waals surface area contributed by atoms with Crippen molar-refractivity contribution in [3.8, 4) is 5.75 Å². The molecular formula is C29H35F4N5O3. The van der Waals surface area contributed by atoms with Crippen LogP contribution in [0.4, 0.5) is 28.9 Å². The number of carbonyl (C=O) groups is 1. The number of rotatable bonds is 11. The molecule has 2 heterocycles. The average Bonchev–Trinajstić information content (AvgIpc) is 2.97. The molecule has 1 aliphatic heterocycles. The van der Waals surface area contributed by atoms with Crippen molar-refractivity contribution >= 4 is 28.2 Å². The van der Waals surface area contributed by atoms with Gasteiger partial charge in [0, 0.05) is 56.0 Å². The minimum atomic E-state index is -1.52. The summed E-state index contributed by atoms with van der Waals surface area (Å²) in [4.78, 5) is 21.2. The summed E-state index contributed by atoms with van der Waals surface area (Å²) in [5, 5.41) is 13.0. The highest BCUT2D eigenvalue weighted by Crippen LogP contribution is 2.43. The number of carbonyl (C=O) groups excluding carboxylic acids is 1. The molecule has 1 amide bonds. The number of likely N-dealkylation sites (tertiary alicyclic amines) is 1. The Morgan fingerprint density at radius 3 is 2.46 bits per heavy atom. The number of anilines is 2. The van der Waals surface area contributed by atoms with Gasteiger partial charge in [0.1, 0.15) is 11.9 Å². The molecule has 222 valence electrons. The highest BCUT2D eigenvalue weighted by molar-refractivity contribution is 5.88. The summed E-state index contributed by atoms with van der Waals surface area (Å²) >= 11 is 0. The lowest BCUT2D eigenvalue weighted by atomic mass is 9.73. The van der Waals surface area contributed by atoms with Gasteiger partial charge in [-0.05, 0) is 57.0 Å². The maximum absolute atomic E-state index is 16.1. The number of piperidine rings is 1. The summed E-state index contributed by atoms with van der Waals surface area (Å²) in [7, 11) is 5.17. The third-order valence-electron chi connectivity index (χ3n) is 7.90. The van der Waals surface area contributed by atoms with Crippen LogP contribution in [0.3, 0.4) is 0 Å². The van der Waals surface area contributed by atoms with Crippen molar-refractivity contribution in [1.82, 2.24) is 15.4 Å². The van der Waals surface area contributed by atoms with Gasteiger partial charge in [0.05, 0.1) is 29.9 Å². The molecule has 0 saturated carbocycles. The van der Waals surface area contributed by atoms with Crippen molar-refractivity contribution < 1.29 is 32.3 Å². The molecule has 41 heavy (non-hydrogen) atoms. The van der Waals surface area contributed by atoms with Crippen LogP contribution in [0.2, 0.25) is 0 Å².